The van der Waals surface area contributed by atoms with Crippen LogP contribution in [0.3, 0.4) is 0 Å². The van der Waals surface area contributed by atoms with E-state index >= 15 is 0 Å². The van der Waals surface area contributed by atoms with Crippen LogP contribution in [-0.2, 0) is 29.1 Å². The highest BCUT2D eigenvalue weighted by Crippen LogP contribution is 2.24. The molecule has 164 valence electrons. The molecular weight excluding hydrogens is 420 g/mol. The van der Waals surface area contributed by atoms with E-state index < -0.39 is 28.5 Å². The topological polar surface area (TPSA) is 102 Å². The quantitative estimate of drug-likeness (QED) is 0.519. The van der Waals surface area contributed by atoms with E-state index in [1.165, 1.54) is 16.4 Å². The molecule has 0 aliphatic carbocycles. The second kappa shape index (κ2) is 10.3. The highest BCUT2D eigenvalue weighted by atomic mass is 32.2. The molecule has 0 unspecified atom stereocenters. The zero-order chi connectivity index (χ0) is 22.3. The van der Waals surface area contributed by atoms with E-state index in [9.17, 15) is 18.0 Å². The van der Waals surface area contributed by atoms with Gasteiger partial charge >= 0.3 is 5.97 Å². The fourth-order valence-electron chi connectivity index (χ4n) is 2.99. The number of hydrogen-bond donors (Lipinski definition) is 1. The largest absolute Gasteiger partial charge is 0.452 e. The number of nitrogens with one attached hydrogen (secondary N) is 1. The van der Waals surface area contributed by atoms with Crippen molar-refractivity contribution in [3.8, 4) is 0 Å². The highest BCUT2D eigenvalue weighted by molar-refractivity contribution is 7.89. The lowest BCUT2D eigenvalue weighted by Gasteiger charge is -2.26. The molecule has 2 aromatic carbocycles. The summed E-state index contributed by atoms with van der Waals surface area (Å²) < 4.78 is 37.4. The summed E-state index contributed by atoms with van der Waals surface area (Å²) in [6.07, 6.45) is 2.82. The number of nitrogens with zero attached hydrogens (tertiary/aromatic N) is 1. The van der Waals surface area contributed by atoms with Gasteiger partial charge in [-0.05, 0) is 36.3 Å². The molecule has 1 aliphatic rings. The van der Waals surface area contributed by atoms with Crippen LogP contribution in [0.15, 0.2) is 59.5 Å². The third-order valence-corrected chi connectivity index (χ3v) is 6.66. The van der Waals surface area contributed by atoms with Crippen LogP contribution in [0.2, 0.25) is 0 Å². The third-order valence-electron chi connectivity index (χ3n) is 4.62. The van der Waals surface area contributed by atoms with Gasteiger partial charge < -0.3 is 14.8 Å². The summed E-state index contributed by atoms with van der Waals surface area (Å²) in [7, 11) is -3.70. The average molecular weight is 445 g/mol. The van der Waals surface area contributed by atoms with E-state index in [-0.39, 0.29) is 18.0 Å². The van der Waals surface area contributed by atoms with Crippen molar-refractivity contribution in [1.82, 2.24) is 4.31 Å². The lowest BCUT2D eigenvalue weighted by Crippen LogP contribution is -2.40. The van der Waals surface area contributed by atoms with Gasteiger partial charge in [-0.15, -0.1) is 0 Å². The van der Waals surface area contributed by atoms with Crippen LogP contribution >= 0.6 is 0 Å². The Hall–Kier alpha value is -3.01. The molecule has 1 aliphatic heterocycles. The van der Waals surface area contributed by atoms with Gasteiger partial charge in [0.15, 0.2) is 6.61 Å². The molecule has 8 nitrogen and oxygen atoms in total. The summed E-state index contributed by atoms with van der Waals surface area (Å²) in [6, 6.07) is 13.8. The highest BCUT2D eigenvalue weighted by Gasteiger charge is 2.28. The summed E-state index contributed by atoms with van der Waals surface area (Å²) in [4.78, 5) is 24.1. The van der Waals surface area contributed by atoms with E-state index in [0.29, 0.717) is 24.5 Å². The van der Waals surface area contributed by atoms with Gasteiger partial charge in [0.2, 0.25) is 10.0 Å². The Labute approximate surface area is 181 Å². The number of anilines is 1. The number of ether oxygens (including phenoxy) is 2. The number of rotatable bonds is 7. The van der Waals surface area contributed by atoms with Crippen molar-refractivity contribution in [2.75, 3.05) is 38.2 Å². The Bertz CT molecular complexity index is 1060. The zero-order valence-corrected chi connectivity index (χ0v) is 17.9. The van der Waals surface area contributed by atoms with E-state index in [0.717, 1.165) is 5.56 Å². The van der Waals surface area contributed by atoms with Crippen LogP contribution in [0.5, 0.6) is 0 Å². The van der Waals surface area contributed by atoms with Crippen molar-refractivity contribution >= 4 is 33.7 Å². The molecule has 0 atom stereocenters. The van der Waals surface area contributed by atoms with Gasteiger partial charge in [-0.1, -0.05) is 36.4 Å². The number of carbonyl (C=O) groups excluding carboxylic acids is 2. The maximum absolute atomic E-state index is 12.9. The van der Waals surface area contributed by atoms with E-state index in [4.69, 9.17) is 9.47 Å². The lowest BCUT2D eigenvalue weighted by molar-refractivity contribution is -0.142. The van der Waals surface area contributed by atoms with Gasteiger partial charge in [-0.25, -0.2) is 13.2 Å². The minimum atomic E-state index is -3.70. The molecular formula is C22H24N2O6S. The molecule has 0 radical (unpaired) electrons. The molecule has 1 amide bonds. The van der Waals surface area contributed by atoms with Crippen molar-refractivity contribution < 1.29 is 27.5 Å². The first kappa shape index (κ1) is 22.7. The van der Waals surface area contributed by atoms with Gasteiger partial charge in [0.05, 0.1) is 18.1 Å². The van der Waals surface area contributed by atoms with Crippen molar-refractivity contribution in [2.24, 2.45) is 0 Å². The van der Waals surface area contributed by atoms with Gasteiger partial charge in [-0.3, -0.25) is 4.79 Å². The molecule has 3 rings (SSSR count). The summed E-state index contributed by atoms with van der Waals surface area (Å²) in [5, 5.41) is 2.57. The fourth-order valence-corrected chi connectivity index (χ4v) is 4.65. The molecule has 1 heterocycles. The standard InChI is InChI=1S/C22H24N2O6S/c1-17-7-9-19(15-20(17)31(27,28)24-11-13-29-14-12-24)23-21(25)16-30-22(26)10-8-18-5-3-2-4-6-18/h2-10,15H,11-14,16H2,1H3,(H,23,25)/b10-8+. The lowest BCUT2D eigenvalue weighted by atomic mass is 10.2. The predicted molar refractivity (Wildman–Crippen MR) is 116 cm³/mol. The number of hydrogen-bond acceptors (Lipinski definition) is 6. The molecule has 1 fully saturated rings. The molecule has 9 heteroatoms. The van der Waals surface area contributed by atoms with Gasteiger partial charge in [0.25, 0.3) is 5.91 Å². The molecule has 0 bridgehead atoms. The van der Waals surface area contributed by atoms with Crippen molar-refractivity contribution in [1.29, 1.82) is 0 Å². The Balaban J connectivity index is 1.59. The molecule has 2 aromatic rings. The first-order valence-corrected chi connectivity index (χ1v) is 11.2. The first-order chi connectivity index (χ1) is 14.9. The summed E-state index contributed by atoms with van der Waals surface area (Å²) in [6.45, 7) is 2.46. The summed E-state index contributed by atoms with van der Waals surface area (Å²) >= 11 is 0. The number of esters is 1. The Morgan fingerprint density at radius 1 is 1.13 bits per heavy atom. The van der Waals surface area contributed by atoms with Gasteiger partial charge in [0.1, 0.15) is 0 Å². The van der Waals surface area contributed by atoms with Crippen molar-refractivity contribution in [3.63, 3.8) is 0 Å². The Morgan fingerprint density at radius 2 is 1.84 bits per heavy atom. The number of aryl methyl sites for hydroxylation is 1. The SMILES string of the molecule is Cc1ccc(NC(=O)COC(=O)/C=C/c2ccccc2)cc1S(=O)(=O)N1CCOCC1. The first-order valence-electron chi connectivity index (χ1n) is 9.74. The number of carbonyl (C=O) groups is 2. The zero-order valence-electron chi connectivity index (χ0n) is 17.1. The van der Waals surface area contributed by atoms with Gasteiger partial charge in [0, 0.05) is 24.9 Å². The maximum Gasteiger partial charge on any atom is 0.331 e. The second-order valence-electron chi connectivity index (χ2n) is 6.90. The second-order valence-corrected chi connectivity index (χ2v) is 8.80. The molecule has 0 spiro atoms. The summed E-state index contributed by atoms with van der Waals surface area (Å²) in [5.41, 5.74) is 1.71. The fraction of sp³-hybridized carbons (Fsp3) is 0.273. The number of sulfonamides is 1. The predicted octanol–water partition coefficient (Wildman–Crippen LogP) is 2.21. The Kier molecular flexibility index (Phi) is 7.56. The number of amides is 1. The van der Waals surface area contributed by atoms with Gasteiger partial charge in [-0.2, -0.15) is 4.31 Å². The van der Waals surface area contributed by atoms with Crippen LogP contribution in [0.1, 0.15) is 11.1 Å². The minimum absolute atomic E-state index is 0.120. The molecule has 1 N–H and O–H groups in total. The summed E-state index contributed by atoms with van der Waals surface area (Å²) in [5.74, 6) is -1.22. The molecule has 0 aromatic heterocycles. The maximum atomic E-state index is 12.9. The van der Waals surface area contributed by atoms with Crippen LogP contribution in [0, 0.1) is 6.92 Å². The van der Waals surface area contributed by atoms with Crippen molar-refractivity contribution in [2.45, 2.75) is 11.8 Å². The van der Waals surface area contributed by atoms with E-state index in [2.05, 4.69) is 5.32 Å². The minimum Gasteiger partial charge on any atom is -0.452 e. The van der Waals surface area contributed by atoms with Crippen LogP contribution in [0.25, 0.3) is 6.08 Å². The van der Waals surface area contributed by atoms with E-state index in [1.807, 2.05) is 30.3 Å². The normalized spacial score (nSPS) is 15.0. The van der Waals surface area contributed by atoms with E-state index in [1.54, 1.807) is 25.1 Å². The monoisotopic (exact) mass is 444 g/mol. The molecule has 0 saturated carbocycles. The van der Waals surface area contributed by atoms with Crippen molar-refractivity contribution in [3.05, 3.63) is 65.7 Å². The van der Waals surface area contributed by atoms with Crippen LogP contribution < -0.4 is 5.32 Å². The van der Waals surface area contributed by atoms with Crippen LogP contribution in [0.4, 0.5) is 5.69 Å². The Morgan fingerprint density at radius 3 is 2.55 bits per heavy atom. The molecule has 31 heavy (non-hydrogen) atoms. The number of morpholine rings is 1. The van der Waals surface area contributed by atoms with Crippen LogP contribution in [-0.4, -0.2) is 57.5 Å². The molecule has 1 saturated heterocycles. The number of benzene rings is 2. The smallest absolute Gasteiger partial charge is 0.331 e. The third kappa shape index (κ3) is 6.24. The average Bonchev–Trinajstić information content (AvgIpc) is 2.78.